The molecule has 0 aromatic heterocycles. The minimum atomic E-state index is -0.969. The van der Waals surface area contributed by atoms with Crippen molar-refractivity contribution in [2.75, 3.05) is 32.8 Å². The molecule has 0 bridgehead atoms. The second kappa shape index (κ2) is 9.73. The van der Waals surface area contributed by atoms with Crippen molar-refractivity contribution in [3.8, 4) is 0 Å². The molecule has 2 N–H and O–H groups in total. The quantitative estimate of drug-likeness (QED) is 0.746. The molecule has 2 aliphatic heterocycles. The molecule has 3 amide bonds. The van der Waals surface area contributed by atoms with Crippen LogP contribution in [0.1, 0.15) is 37.7 Å². The highest BCUT2D eigenvalue weighted by molar-refractivity contribution is 5.92. The van der Waals surface area contributed by atoms with Gasteiger partial charge in [0.2, 0.25) is 11.8 Å². The lowest BCUT2D eigenvalue weighted by molar-refractivity contribution is -0.153. The highest BCUT2D eigenvalue weighted by Gasteiger charge is 2.49. The lowest BCUT2D eigenvalue weighted by Crippen LogP contribution is -2.66. The number of hydrogen-bond acceptors (Lipinski definition) is 5. The third-order valence-electron chi connectivity index (χ3n) is 5.71. The highest BCUT2D eigenvalue weighted by Crippen LogP contribution is 2.33. The van der Waals surface area contributed by atoms with Crippen LogP contribution in [0.25, 0.3) is 0 Å². The van der Waals surface area contributed by atoms with Gasteiger partial charge in [-0.1, -0.05) is 30.3 Å². The van der Waals surface area contributed by atoms with Crippen molar-refractivity contribution in [1.82, 2.24) is 15.1 Å². The SMILES string of the molecule is O=C(OCc1ccccc1)N1CCC(C(=O)NCCO)(N2CCCCC2=O)CC1. The van der Waals surface area contributed by atoms with E-state index in [4.69, 9.17) is 9.84 Å². The van der Waals surface area contributed by atoms with Crippen molar-refractivity contribution in [1.29, 1.82) is 0 Å². The maximum Gasteiger partial charge on any atom is 0.410 e. The third kappa shape index (κ3) is 4.87. The number of amides is 3. The predicted molar refractivity (Wildman–Crippen MR) is 106 cm³/mol. The fourth-order valence-corrected chi connectivity index (χ4v) is 4.08. The minimum Gasteiger partial charge on any atom is -0.445 e. The molecular formula is C21H29N3O5. The topological polar surface area (TPSA) is 99.2 Å². The van der Waals surface area contributed by atoms with Gasteiger partial charge in [0.15, 0.2) is 0 Å². The summed E-state index contributed by atoms with van der Waals surface area (Å²) in [5.74, 6) is -0.269. The fourth-order valence-electron chi connectivity index (χ4n) is 4.08. The van der Waals surface area contributed by atoms with Crippen molar-refractivity contribution in [2.45, 2.75) is 44.2 Å². The number of hydrogen-bond donors (Lipinski definition) is 2. The average molecular weight is 403 g/mol. The van der Waals surface area contributed by atoms with E-state index in [-0.39, 0.29) is 31.6 Å². The van der Waals surface area contributed by atoms with Gasteiger partial charge in [-0.05, 0) is 31.2 Å². The average Bonchev–Trinajstić information content (AvgIpc) is 2.77. The summed E-state index contributed by atoms with van der Waals surface area (Å²) in [6.45, 7) is 1.40. The number of aliphatic hydroxyl groups excluding tert-OH is 1. The van der Waals surface area contributed by atoms with Crippen LogP contribution < -0.4 is 5.32 Å². The summed E-state index contributed by atoms with van der Waals surface area (Å²) in [6, 6.07) is 9.46. The second-order valence-corrected chi connectivity index (χ2v) is 7.54. The number of rotatable bonds is 6. The number of nitrogens with one attached hydrogen (secondary N) is 1. The molecule has 2 saturated heterocycles. The van der Waals surface area contributed by atoms with Gasteiger partial charge < -0.3 is 25.0 Å². The van der Waals surface area contributed by atoms with Gasteiger partial charge in [-0.25, -0.2) is 4.79 Å². The van der Waals surface area contributed by atoms with Gasteiger partial charge in [-0.15, -0.1) is 0 Å². The molecule has 0 aliphatic carbocycles. The molecule has 158 valence electrons. The van der Waals surface area contributed by atoms with E-state index in [1.807, 2.05) is 30.3 Å². The summed E-state index contributed by atoms with van der Waals surface area (Å²) < 4.78 is 5.40. The van der Waals surface area contributed by atoms with Crippen molar-refractivity contribution in [3.05, 3.63) is 35.9 Å². The molecule has 2 aliphatic rings. The molecule has 29 heavy (non-hydrogen) atoms. The number of nitrogens with zero attached hydrogens (tertiary/aromatic N) is 2. The normalized spacial score (nSPS) is 19.0. The fraction of sp³-hybridized carbons (Fsp3) is 0.571. The number of likely N-dealkylation sites (tertiary alicyclic amines) is 2. The van der Waals surface area contributed by atoms with Crippen molar-refractivity contribution < 1.29 is 24.2 Å². The summed E-state index contributed by atoms with van der Waals surface area (Å²) in [6.07, 6.45) is 2.44. The lowest BCUT2D eigenvalue weighted by atomic mass is 9.83. The molecule has 1 aromatic rings. The van der Waals surface area contributed by atoms with Crippen LogP contribution in [0.3, 0.4) is 0 Å². The number of piperidine rings is 2. The molecule has 0 saturated carbocycles. The van der Waals surface area contributed by atoms with Crippen molar-refractivity contribution in [2.24, 2.45) is 0 Å². The summed E-state index contributed by atoms with van der Waals surface area (Å²) in [5.41, 5.74) is -0.0578. The Kier molecular flexibility index (Phi) is 7.09. The van der Waals surface area contributed by atoms with E-state index in [1.165, 1.54) is 0 Å². The predicted octanol–water partition coefficient (Wildman–Crippen LogP) is 1.28. The summed E-state index contributed by atoms with van der Waals surface area (Å²) in [4.78, 5) is 41.2. The maximum atomic E-state index is 13.0. The van der Waals surface area contributed by atoms with Gasteiger partial charge in [0.05, 0.1) is 6.61 Å². The summed E-state index contributed by atoms with van der Waals surface area (Å²) in [7, 11) is 0. The zero-order valence-corrected chi connectivity index (χ0v) is 16.6. The first kappa shape index (κ1) is 21.1. The van der Waals surface area contributed by atoms with Crippen LogP contribution in [0, 0.1) is 0 Å². The number of carbonyl (C=O) groups is 3. The molecule has 8 heteroatoms. The van der Waals surface area contributed by atoms with E-state index in [0.717, 1.165) is 18.4 Å². The molecule has 1 aromatic carbocycles. The molecule has 2 heterocycles. The van der Waals surface area contributed by atoms with Crippen molar-refractivity contribution >= 4 is 17.9 Å². The third-order valence-corrected chi connectivity index (χ3v) is 5.71. The first-order chi connectivity index (χ1) is 14.1. The smallest absolute Gasteiger partial charge is 0.410 e. The Morgan fingerprint density at radius 3 is 2.48 bits per heavy atom. The van der Waals surface area contributed by atoms with Crippen LogP contribution in [0.2, 0.25) is 0 Å². The van der Waals surface area contributed by atoms with Gasteiger partial charge in [0, 0.05) is 32.6 Å². The summed E-state index contributed by atoms with van der Waals surface area (Å²) >= 11 is 0. The Balaban J connectivity index is 1.64. The monoisotopic (exact) mass is 403 g/mol. The molecule has 2 fully saturated rings. The van der Waals surface area contributed by atoms with Crippen molar-refractivity contribution in [3.63, 3.8) is 0 Å². The van der Waals surface area contributed by atoms with E-state index in [1.54, 1.807) is 9.80 Å². The minimum absolute atomic E-state index is 0.0181. The Bertz CT molecular complexity index is 716. The lowest BCUT2D eigenvalue weighted by Gasteiger charge is -2.48. The first-order valence-electron chi connectivity index (χ1n) is 10.2. The van der Waals surface area contributed by atoms with Gasteiger partial charge >= 0.3 is 6.09 Å². The zero-order valence-electron chi connectivity index (χ0n) is 16.6. The van der Waals surface area contributed by atoms with E-state index in [2.05, 4.69) is 5.32 Å². The van der Waals surface area contributed by atoms with Crippen LogP contribution in [0.15, 0.2) is 30.3 Å². The molecule has 0 unspecified atom stereocenters. The Labute approximate surface area is 170 Å². The molecule has 0 radical (unpaired) electrons. The van der Waals surface area contributed by atoms with Gasteiger partial charge in [0.1, 0.15) is 12.1 Å². The number of benzene rings is 1. The summed E-state index contributed by atoms with van der Waals surface area (Å²) in [5, 5.41) is 11.8. The van der Waals surface area contributed by atoms with E-state index in [0.29, 0.717) is 38.9 Å². The van der Waals surface area contributed by atoms with Crippen LogP contribution in [-0.2, 0) is 20.9 Å². The Morgan fingerprint density at radius 2 is 1.83 bits per heavy atom. The number of ether oxygens (including phenoxy) is 1. The van der Waals surface area contributed by atoms with E-state index < -0.39 is 11.6 Å². The second-order valence-electron chi connectivity index (χ2n) is 7.54. The van der Waals surface area contributed by atoms with Gasteiger partial charge in [-0.3, -0.25) is 9.59 Å². The number of aliphatic hydroxyl groups is 1. The largest absolute Gasteiger partial charge is 0.445 e. The first-order valence-corrected chi connectivity index (χ1v) is 10.2. The van der Waals surface area contributed by atoms with Gasteiger partial charge in [0.25, 0.3) is 0 Å². The Morgan fingerprint density at radius 1 is 1.10 bits per heavy atom. The molecule has 8 nitrogen and oxygen atoms in total. The standard InChI is InChI=1S/C21H29N3O5/c25-15-11-22-19(27)21(24-12-5-4-8-18(24)26)9-13-23(14-10-21)20(28)29-16-17-6-2-1-3-7-17/h1-3,6-7,25H,4-5,8-16H2,(H,22,27). The highest BCUT2D eigenvalue weighted by atomic mass is 16.6. The van der Waals surface area contributed by atoms with Crippen LogP contribution in [0.4, 0.5) is 4.79 Å². The maximum absolute atomic E-state index is 13.0. The molecule has 0 atom stereocenters. The van der Waals surface area contributed by atoms with E-state index >= 15 is 0 Å². The van der Waals surface area contributed by atoms with Crippen LogP contribution in [0.5, 0.6) is 0 Å². The molecule has 0 spiro atoms. The molecule has 3 rings (SSSR count). The zero-order chi connectivity index (χ0) is 20.7. The van der Waals surface area contributed by atoms with Crippen LogP contribution in [-0.4, -0.2) is 71.1 Å². The van der Waals surface area contributed by atoms with Gasteiger partial charge in [-0.2, -0.15) is 0 Å². The van der Waals surface area contributed by atoms with E-state index in [9.17, 15) is 14.4 Å². The van der Waals surface area contributed by atoms with Crippen LogP contribution >= 0.6 is 0 Å². The Hall–Kier alpha value is -2.61. The number of carbonyl (C=O) groups excluding carboxylic acids is 3. The molecular weight excluding hydrogens is 374 g/mol.